The highest BCUT2D eigenvalue weighted by Gasteiger charge is 2.17. The molecule has 10 heteroatoms. The summed E-state index contributed by atoms with van der Waals surface area (Å²) in [4.78, 5) is 43.2. The van der Waals surface area contributed by atoms with Gasteiger partial charge in [-0.05, 0) is 24.3 Å². The van der Waals surface area contributed by atoms with E-state index in [4.69, 9.17) is 0 Å². The number of aromatic nitrogens is 4. The van der Waals surface area contributed by atoms with Crippen molar-refractivity contribution < 1.29 is 9.59 Å². The predicted octanol–water partition coefficient (Wildman–Crippen LogP) is 1.55. The van der Waals surface area contributed by atoms with Gasteiger partial charge in [0, 0.05) is 57.3 Å². The molecule has 0 radical (unpaired) electrons. The molecule has 3 aromatic rings. The summed E-state index contributed by atoms with van der Waals surface area (Å²) >= 11 is 0. The number of hydrogen-bond acceptors (Lipinski definition) is 8. The first-order chi connectivity index (χ1) is 15.1. The van der Waals surface area contributed by atoms with E-state index in [9.17, 15) is 9.59 Å². The van der Waals surface area contributed by atoms with Gasteiger partial charge in [-0.15, -0.1) is 0 Å². The first kappa shape index (κ1) is 20.4. The number of amides is 2. The number of pyridine rings is 2. The largest absolute Gasteiger partial charge is 0.367 e. The molecule has 0 unspecified atom stereocenters. The van der Waals surface area contributed by atoms with Gasteiger partial charge in [-0.1, -0.05) is 0 Å². The van der Waals surface area contributed by atoms with E-state index in [2.05, 4.69) is 40.8 Å². The molecule has 0 aliphatic carbocycles. The van der Waals surface area contributed by atoms with E-state index in [0.29, 0.717) is 22.9 Å². The number of rotatable bonds is 5. The Kier molecular flexibility index (Phi) is 6.08. The molecule has 1 saturated heterocycles. The third-order valence-corrected chi connectivity index (χ3v) is 4.72. The van der Waals surface area contributed by atoms with Crippen molar-refractivity contribution in [1.29, 1.82) is 0 Å². The Morgan fingerprint density at radius 1 is 1.00 bits per heavy atom. The van der Waals surface area contributed by atoms with Gasteiger partial charge in [-0.3, -0.25) is 14.6 Å². The molecule has 3 N–H and O–H groups in total. The molecule has 0 spiro atoms. The van der Waals surface area contributed by atoms with Gasteiger partial charge >= 0.3 is 0 Å². The fourth-order valence-electron chi connectivity index (χ4n) is 3.26. The van der Waals surface area contributed by atoms with Crippen molar-refractivity contribution in [2.45, 2.75) is 6.92 Å². The van der Waals surface area contributed by atoms with Crippen molar-refractivity contribution in [3.8, 4) is 11.4 Å². The third-order valence-electron chi connectivity index (χ3n) is 4.72. The summed E-state index contributed by atoms with van der Waals surface area (Å²) in [6, 6.07) is 6.84. The lowest BCUT2D eigenvalue weighted by Crippen LogP contribution is -2.43. The van der Waals surface area contributed by atoms with Crippen LogP contribution in [-0.2, 0) is 4.79 Å². The standard InChI is InChI=1S/C21H22N8O2/c1-14(30)26-19-3-2-15(12-25-19)20-24-7-4-16(27-20)21(31)28-17-13-23-6-5-18(17)29-10-8-22-9-11-29/h2-7,12-13,22H,8-11H2,1H3,(H,28,31)(H,25,26,30). The quantitative estimate of drug-likeness (QED) is 0.570. The second kappa shape index (κ2) is 9.26. The van der Waals surface area contributed by atoms with Gasteiger partial charge in [-0.2, -0.15) is 0 Å². The highest BCUT2D eigenvalue weighted by atomic mass is 16.2. The highest BCUT2D eigenvalue weighted by molar-refractivity contribution is 6.04. The van der Waals surface area contributed by atoms with Gasteiger partial charge in [0.15, 0.2) is 5.82 Å². The van der Waals surface area contributed by atoms with E-state index in [1.807, 2.05) is 6.07 Å². The molecule has 4 rings (SSSR count). The van der Waals surface area contributed by atoms with Crippen LogP contribution in [0.1, 0.15) is 17.4 Å². The molecule has 158 valence electrons. The second-order valence-corrected chi connectivity index (χ2v) is 6.96. The van der Waals surface area contributed by atoms with Crippen LogP contribution in [0.15, 0.2) is 49.1 Å². The molecule has 4 heterocycles. The lowest BCUT2D eigenvalue weighted by atomic mass is 10.2. The molecule has 3 aromatic heterocycles. The third kappa shape index (κ3) is 4.98. The zero-order valence-corrected chi connectivity index (χ0v) is 17.0. The number of anilines is 3. The molecule has 1 fully saturated rings. The van der Waals surface area contributed by atoms with Gasteiger partial charge in [0.1, 0.15) is 11.5 Å². The molecule has 10 nitrogen and oxygen atoms in total. The Morgan fingerprint density at radius 2 is 1.84 bits per heavy atom. The number of carbonyl (C=O) groups excluding carboxylic acids is 2. The normalized spacial score (nSPS) is 13.5. The first-order valence-corrected chi connectivity index (χ1v) is 9.88. The Hall–Kier alpha value is -3.92. The monoisotopic (exact) mass is 418 g/mol. The number of nitrogens with zero attached hydrogens (tertiary/aromatic N) is 5. The molecule has 1 aliphatic heterocycles. The number of nitrogens with one attached hydrogen (secondary N) is 3. The first-order valence-electron chi connectivity index (χ1n) is 9.88. The number of piperazine rings is 1. The lowest BCUT2D eigenvalue weighted by Gasteiger charge is -2.30. The molecular weight excluding hydrogens is 396 g/mol. The van der Waals surface area contributed by atoms with E-state index in [1.165, 1.54) is 13.1 Å². The second-order valence-electron chi connectivity index (χ2n) is 6.96. The minimum Gasteiger partial charge on any atom is -0.367 e. The van der Waals surface area contributed by atoms with Crippen molar-refractivity contribution in [2.75, 3.05) is 41.7 Å². The predicted molar refractivity (Wildman–Crippen MR) is 117 cm³/mol. The Bertz CT molecular complexity index is 1080. The highest BCUT2D eigenvalue weighted by Crippen LogP contribution is 2.25. The van der Waals surface area contributed by atoms with Crippen molar-refractivity contribution in [3.05, 3.63) is 54.7 Å². The van der Waals surface area contributed by atoms with Gasteiger partial charge in [0.2, 0.25) is 5.91 Å². The van der Waals surface area contributed by atoms with Crippen LogP contribution in [0.5, 0.6) is 0 Å². The average molecular weight is 418 g/mol. The zero-order valence-electron chi connectivity index (χ0n) is 17.0. The summed E-state index contributed by atoms with van der Waals surface area (Å²) < 4.78 is 0. The van der Waals surface area contributed by atoms with E-state index in [0.717, 1.165) is 31.9 Å². The number of carbonyl (C=O) groups is 2. The molecule has 0 saturated carbocycles. The van der Waals surface area contributed by atoms with Crippen LogP contribution in [0.2, 0.25) is 0 Å². The Labute approximate surface area is 179 Å². The van der Waals surface area contributed by atoms with Gasteiger partial charge in [-0.25, -0.2) is 15.0 Å². The summed E-state index contributed by atoms with van der Waals surface area (Å²) in [6.45, 7) is 4.90. The fourth-order valence-corrected chi connectivity index (χ4v) is 3.26. The van der Waals surface area contributed by atoms with E-state index >= 15 is 0 Å². The van der Waals surface area contributed by atoms with Crippen LogP contribution < -0.4 is 20.9 Å². The van der Waals surface area contributed by atoms with Crippen molar-refractivity contribution in [2.24, 2.45) is 0 Å². The maximum absolute atomic E-state index is 12.9. The average Bonchev–Trinajstić information content (AvgIpc) is 2.80. The molecule has 2 amide bonds. The van der Waals surface area contributed by atoms with Gasteiger partial charge < -0.3 is 20.9 Å². The van der Waals surface area contributed by atoms with Gasteiger partial charge in [0.05, 0.1) is 17.6 Å². The SMILES string of the molecule is CC(=O)Nc1ccc(-c2nccc(C(=O)Nc3cnccc3N3CCNCC3)n2)cn1. The topological polar surface area (TPSA) is 125 Å². The summed E-state index contributed by atoms with van der Waals surface area (Å²) in [5.41, 5.74) is 2.42. The fraction of sp³-hybridized carbons (Fsp3) is 0.238. The molecule has 31 heavy (non-hydrogen) atoms. The molecule has 1 aliphatic rings. The van der Waals surface area contributed by atoms with Crippen LogP contribution in [0.3, 0.4) is 0 Å². The Morgan fingerprint density at radius 3 is 2.58 bits per heavy atom. The van der Waals surface area contributed by atoms with Crippen molar-refractivity contribution in [3.63, 3.8) is 0 Å². The number of hydrogen-bond donors (Lipinski definition) is 3. The molecular formula is C21H22N8O2. The minimum absolute atomic E-state index is 0.203. The van der Waals surface area contributed by atoms with Crippen LogP contribution in [-0.4, -0.2) is 57.9 Å². The Balaban J connectivity index is 1.52. The molecule has 0 bridgehead atoms. The summed E-state index contributed by atoms with van der Waals surface area (Å²) in [7, 11) is 0. The van der Waals surface area contributed by atoms with Crippen LogP contribution in [0, 0.1) is 0 Å². The summed E-state index contributed by atoms with van der Waals surface area (Å²) in [6.07, 6.45) is 6.43. The zero-order chi connectivity index (χ0) is 21.6. The summed E-state index contributed by atoms with van der Waals surface area (Å²) in [5, 5.41) is 8.84. The smallest absolute Gasteiger partial charge is 0.274 e. The van der Waals surface area contributed by atoms with E-state index in [1.54, 1.807) is 36.8 Å². The van der Waals surface area contributed by atoms with Crippen molar-refractivity contribution >= 4 is 29.0 Å². The maximum Gasteiger partial charge on any atom is 0.274 e. The maximum atomic E-state index is 12.9. The van der Waals surface area contributed by atoms with Crippen molar-refractivity contribution in [1.82, 2.24) is 25.3 Å². The van der Waals surface area contributed by atoms with Crippen LogP contribution in [0.4, 0.5) is 17.2 Å². The molecule has 0 aromatic carbocycles. The van der Waals surface area contributed by atoms with E-state index < -0.39 is 0 Å². The minimum atomic E-state index is -0.351. The summed E-state index contributed by atoms with van der Waals surface area (Å²) in [5.74, 6) is 0.242. The lowest BCUT2D eigenvalue weighted by molar-refractivity contribution is -0.114. The van der Waals surface area contributed by atoms with E-state index in [-0.39, 0.29) is 17.5 Å². The van der Waals surface area contributed by atoms with Crippen LogP contribution >= 0.6 is 0 Å². The van der Waals surface area contributed by atoms with Gasteiger partial charge in [0.25, 0.3) is 5.91 Å². The molecule has 0 atom stereocenters. The van der Waals surface area contributed by atoms with Crippen LogP contribution in [0.25, 0.3) is 11.4 Å².